The second-order valence-corrected chi connectivity index (χ2v) is 8.45. The van der Waals surface area contributed by atoms with Gasteiger partial charge in [-0.1, -0.05) is 19.3 Å². The van der Waals surface area contributed by atoms with Crippen LogP contribution in [0.3, 0.4) is 0 Å². The highest BCUT2D eigenvalue weighted by atomic mass is 19.1. The molecule has 1 atom stereocenters. The first-order chi connectivity index (χ1) is 13.5. The number of ether oxygens (including phenoxy) is 1. The zero-order valence-corrected chi connectivity index (χ0v) is 16.2. The summed E-state index contributed by atoms with van der Waals surface area (Å²) < 4.78 is 20.9. The molecule has 0 bridgehead atoms. The molecule has 4 rings (SSSR count). The summed E-state index contributed by atoms with van der Waals surface area (Å²) in [7, 11) is 0. The Hall–Kier alpha value is -2.11. The largest absolute Gasteiger partial charge is 0.493 e. The van der Waals surface area contributed by atoms with Gasteiger partial charge in [0.05, 0.1) is 12.2 Å². The van der Waals surface area contributed by atoms with Crippen LogP contribution >= 0.6 is 0 Å². The Labute approximate surface area is 164 Å². The molecule has 0 aromatic heterocycles. The maximum atomic E-state index is 14.8. The van der Waals surface area contributed by atoms with Gasteiger partial charge in [0.2, 0.25) is 0 Å². The number of carboxylic acid groups (broad SMARTS) is 1. The minimum absolute atomic E-state index is 0.0277. The summed E-state index contributed by atoms with van der Waals surface area (Å²) in [4.78, 5) is 25.6. The Balaban J connectivity index is 1.54. The first kappa shape index (κ1) is 19.2. The molecule has 152 valence electrons. The summed E-state index contributed by atoms with van der Waals surface area (Å²) in [5, 5.41) is 9.33. The van der Waals surface area contributed by atoms with Gasteiger partial charge in [0.15, 0.2) is 0 Å². The first-order valence-electron chi connectivity index (χ1n) is 10.5. The highest BCUT2D eigenvalue weighted by Gasteiger charge is 2.37. The zero-order chi connectivity index (χ0) is 19.7. The van der Waals surface area contributed by atoms with Crippen LogP contribution in [0.25, 0.3) is 0 Å². The minimum atomic E-state index is -1.03. The molecule has 1 N–H and O–H groups in total. The van der Waals surface area contributed by atoms with Crippen molar-refractivity contribution in [3.8, 4) is 5.75 Å². The summed E-state index contributed by atoms with van der Waals surface area (Å²) in [6.07, 6.45) is 9.12. The van der Waals surface area contributed by atoms with Gasteiger partial charge in [-0.3, -0.25) is 4.79 Å². The fourth-order valence-electron chi connectivity index (χ4n) is 4.56. The Morgan fingerprint density at radius 3 is 2.50 bits per heavy atom. The summed E-state index contributed by atoms with van der Waals surface area (Å²) in [6.45, 7) is 0.952. The van der Waals surface area contributed by atoms with Crippen molar-refractivity contribution >= 4 is 11.9 Å². The van der Waals surface area contributed by atoms with E-state index in [9.17, 15) is 19.1 Å². The Kier molecular flexibility index (Phi) is 5.56. The smallest absolute Gasteiger partial charge is 0.326 e. The van der Waals surface area contributed by atoms with Gasteiger partial charge >= 0.3 is 5.97 Å². The number of hydrogen-bond acceptors (Lipinski definition) is 3. The predicted molar refractivity (Wildman–Crippen MR) is 102 cm³/mol. The normalized spacial score (nSPS) is 23.0. The maximum absolute atomic E-state index is 14.8. The van der Waals surface area contributed by atoms with Crippen LogP contribution in [0.1, 0.15) is 79.6 Å². The molecule has 1 unspecified atom stereocenters. The number of halogens is 1. The summed E-state index contributed by atoms with van der Waals surface area (Å²) in [5.41, 5.74) is 0.867. The number of amides is 1. The van der Waals surface area contributed by atoms with E-state index < -0.39 is 23.7 Å². The van der Waals surface area contributed by atoms with Gasteiger partial charge in [-0.15, -0.1) is 0 Å². The van der Waals surface area contributed by atoms with Crippen LogP contribution in [0.2, 0.25) is 0 Å². The van der Waals surface area contributed by atoms with Crippen LogP contribution in [0.15, 0.2) is 12.1 Å². The van der Waals surface area contributed by atoms with Crippen molar-refractivity contribution in [2.75, 3.05) is 13.2 Å². The lowest BCUT2D eigenvalue weighted by molar-refractivity contribution is -0.141. The predicted octanol–water partition coefficient (Wildman–Crippen LogP) is 4.35. The van der Waals surface area contributed by atoms with Gasteiger partial charge in [-0.2, -0.15) is 0 Å². The molecular formula is C22H28FNO4. The third-order valence-electron chi connectivity index (χ3n) is 6.35. The van der Waals surface area contributed by atoms with E-state index in [1.807, 2.05) is 0 Å². The number of carbonyl (C=O) groups excluding carboxylic acids is 1. The van der Waals surface area contributed by atoms with E-state index in [-0.39, 0.29) is 5.56 Å². The number of benzene rings is 1. The molecule has 1 heterocycles. The Morgan fingerprint density at radius 2 is 1.82 bits per heavy atom. The van der Waals surface area contributed by atoms with E-state index in [1.165, 1.54) is 30.2 Å². The molecule has 3 aliphatic rings. The van der Waals surface area contributed by atoms with Crippen molar-refractivity contribution in [2.24, 2.45) is 5.92 Å². The minimum Gasteiger partial charge on any atom is -0.493 e. The average molecular weight is 389 g/mol. The molecule has 6 heteroatoms. The van der Waals surface area contributed by atoms with Crippen LogP contribution in [0, 0.1) is 11.7 Å². The Bertz CT molecular complexity index is 755. The molecule has 1 amide bonds. The molecule has 1 saturated heterocycles. The number of rotatable bonds is 6. The fourth-order valence-corrected chi connectivity index (χ4v) is 4.56. The van der Waals surface area contributed by atoms with Gasteiger partial charge in [0, 0.05) is 12.6 Å². The molecule has 5 nitrogen and oxygen atoms in total. The molecule has 1 aromatic rings. The van der Waals surface area contributed by atoms with Crippen molar-refractivity contribution < 1.29 is 23.8 Å². The molecule has 2 saturated carbocycles. The second kappa shape index (κ2) is 8.10. The SMILES string of the molecule is O=C(O)C1CCCN1C(=O)c1cc(C2CC2)c(OCC2CCCCC2)cc1F. The van der Waals surface area contributed by atoms with Crippen molar-refractivity contribution in [3.63, 3.8) is 0 Å². The first-order valence-corrected chi connectivity index (χ1v) is 10.5. The Morgan fingerprint density at radius 1 is 1.07 bits per heavy atom. The van der Waals surface area contributed by atoms with Crippen LogP contribution < -0.4 is 4.74 Å². The molecule has 3 fully saturated rings. The highest BCUT2D eigenvalue weighted by Crippen LogP contribution is 2.45. The number of nitrogens with zero attached hydrogens (tertiary/aromatic N) is 1. The number of hydrogen-bond donors (Lipinski definition) is 1. The zero-order valence-electron chi connectivity index (χ0n) is 16.2. The van der Waals surface area contributed by atoms with Gasteiger partial charge in [0.1, 0.15) is 17.6 Å². The van der Waals surface area contributed by atoms with E-state index in [1.54, 1.807) is 6.07 Å². The topological polar surface area (TPSA) is 66.8 Å². The van der Waals surface area contributed by atoms with Crippen molar-refractivity contribution in [1.82, 2.24) is 4.90 Å². The van der Waals surface area contributed by atoms with E-state index in [4.69, 9.17) is 4.74 Å². The number of aliphatic carboxylic acids is 1. The number of likely N-dealkylation sites (tertiary alicyclic amines) is 1. The van der Waals surface area contributed by atoms with E-state index in [0.717, 1.165) is 31.2 Å². The van der Waals surface area contributed by atoms with Crippen molar-refractivity contribution in [2.45, 2.75) is 69.7 Å². The lowest BCUT2D eigenvalue weighted by Gasteiger charge is -2.24. The molecule has 28 heavy (non-hydrogen) atoms. The lowest BCUT2D eigenvalue weighted by Crippen LogP contribution is -2.40. The molecule has 1 aromatic carbocycles. The van der Waals surface area contributed by atoms with E-state index in [2.05, 4.69) is 0 Å². The standard InChI is InChI=1S/C22H28FNO4/c23-18-12-20(28-13-14-5-2-1-3-6-14)16(15-8-9-15)11-17(18)21(25)24-10-4-7-19(24)22(26)27/h11-12,14-15,19H,1-10,13H2,(H,26,27). The highest BCUT2D eigenvalue weighted by molar-refractivity contribution is 5.97. The van der Waals surface area contributed by atoms with Crippen LogP contribution in [0.4, 0.5) is 4.39 Å². The van der Waals surface area contributed by atoms with Gasteiger partial charge in [-0.05, 0) is 62.0 Å². The van der Waals surface area contributed by atoms with Crippen LogP contribution in [0.5, 0.6) is 5.75 Å². The van der Waals surface area contributed by atoms with E-state index in [0.29, 0.717) is 43.6 Å². The number of carboxylic acids is 1. The monoisotopic (exact) mass is 389 g/mol. The lowest BCUT2D eigenvalue weighted by atomic mass is 9.90. The van der Waals surface area contributed by atoms with E-state index >= 15 is 0 Å². The average Bonchev–Trinajstić information content (AvgIpc) is 3.41. The fraction of sp³-hybridized carbons (Fsp3) is 0.636. The second-order valence-electron chi connectivity index (χ2n) is 8.45. The molecule has 2 aliphatic carbocycles. The quantitative estimate of drug-likeness (QED) is 0.785. The van der Waals surface area contributed by atoms with Crippen molar-refractivity contribution in [1.29, 1.82) is 0 Å². The van der Waals surface area contributed by atoms with Gasteiger partial charge < -0.3 is 14.7 Å². The van der Waals surface area contributed by atoms with Crippen molar-refractivity contribution in [3.05, 3.63) is 29.1 Å². The molecular weight excluding hydrogens is 361 g/mol. The van der Waals surface area contributed by atoms with Crippen LogP contribution in [-0.4, -0.2) is 41.1 Å². The summed E-state index contributed by atoms with van der Waals surface area (Å²) in [6, 6.07) is 2.09. The molecule has 0 radical (unpaired) electrons. The number of carbonyl (C=O) groups is 2. The third kappa shape index (κ3) is 4.01. The van der Waals surface area contributed by atoms with Gasteiger partial charge in [0.25, 0.3) is 5.91 Å². The molecule has 1 aliphatic heterocycles. The van der Waals surface area contributed by atoms with Crippen LogP contribution in [-0.2, 0) is 4.79 Å². The summed E-state index contributed by atoms with van der Waals surface area (Å²) >= 11 is 0. The summed E-state index contributed by atoms with van der Waals surface area (Å²) in [5.74, 6) is -0.792. The van der Waals surface area contributed by atoms with Gasteiger partial charge in [-0.25, -0.2) is 9.18 Å². The molecule has 0 spiro atoms. The maximum Gasteiger partial charge on any atom is 0.326 e. The third-order valence-corrected chi connectivity index (χ3v) is 6.35.